The second-order valence-corrected chi connectivity index (χ2v) is 6.24. The number of ether oxygens (including phenoxy) is 2. The molecule has 0 aromatic heterocycles. The van der Waals surface area contributed by atoms with E-state index in [1.165, 1.54) is 6.92 Å². The number of guanidine groups is 1. The van der Waals surface area contributed by atoms with Crippen LogP contribution in [0.15, 0.2) is 53.5 Å². The number of carbonyl (C=O) groups excluding carboxylic acids is 1. The molecule has 0 aliphatic heterocycles. The average Bonchev–Trinajstić information content (AvgIpc) is 2.68. The van der Waals surface area contributed by atoms with Gasteiger partial charge in [-0.2, -0.15) is 0 Å². The average molecular weight is 512 g/mol. The molecule has 0 radical (unpaired) electrons. The fourth-order valence-electron chi connectivity index (χ4n) is 2.66. The molecular weight excluding hydrogens is 483 g/mol. The maximum absolute atomic E-state index is 11.1. The normalized spacial score (nSPS) is 10.6. The first kappa shape index (κ1) is 24.5. The third-order valence-corrected chi connectivity index (χ3v) is 3.96. The quantitative estimate of drug-likeness (QED) is 0.246. The number of nitrogens with one attached hydrogen (secondary N) is 2. The van der Waals surface area contributed by atoms with E-state index in [-0.39, 0.29) is 29.9 Å². The van der Waals surface area contributed by atoms with E-state index in [4.69, 9.17) is 9.47 Å². The van der Waals surface area contributed by atoms with Crippen LogP contribution in [0.1, 0.15) is 12.5 Å². The maximum atomic E-state index is 11.1. The van der Waals surface area contributed by atoms with E-state index in [1.807, 2.05) is 54.4 Å². The van der Waals surface area contributed by atoms with E-state index in [0.29, 0.717) is 24.6 Å². The molecule has 158 valence electrons. The summed E-state index contributed by atoms with van der Waals surface area (Å²) < 4.78 is 10.9. The summed E-state index contributed by atoms with van der Waals surface area (Å²) in [5.74, 6) is 2.22. The summed E-state index contributed by atoms with van der Waals surface area (Å²) in [5, 5.41) is 6.03. The van der Waals surface area contributed by atoms with Crippen LogP contribution in [0, 0.1) is 0 Å². The van der Waals surface area contributed by atoms with Gasteiger partial charge in [-0.05, 0) is 29.8 Å². The Labute approximate surface area is 189 Å². The smallest absolute Gasteiger partial charge is 0.221 e. The molecule has 2 N–H and O–H groups in total. The van der Waals surface area contributed by atoms with Gasteiger partial charge in [-0.3, -0.25) is 9.79 Å². The summed E-state index contributed by atoms with van der Waals surface area (Å²) in [6, 6.07) is 15.3. The number of benzene rings is 2. The molecule has 7 nitrogen and oxygen atoms in total. The lowest BCUT2D eigenvalue weighted by Gasteiger charge is -2.22. The van der Waals surface area contributed by atoms with Gasteiger partial charge < -0.3 is 25.0 Å². The Morgan fingerprint density at radius 2 is 1.86 bits per heavy atom. The zero-order chi connectivity index (χ0) is 20.4. The SMILES string of the molecule is CN=C(NCCOc1cccc(NC(C)=O)c1)N(C)Cc1ccc(OC)cc1.I. The third-order valence-electron chi connectivity index (χ3n) is 3.96. The summed E-state index contributed by atoms with van der Waals surface area (Å²) in [5.41, 5.74) is 1.88. The Morgan fingerprint density at radius 1 is 1.14 bits per heavy atom. The van der Waals surface area contributed by atoms with Crippen molar-refractivity contribution in [1.82, 2.24) is 10.2 Å². The van der Waals surface area contributed by atoms with Crippen molar-refractivity contribution in [2.24, 2.45) is 4.99 Å². The van der Waals surface area contributed by atoms with Gasteiger partial charge in [0.1, 0.15) is 18.1 Å². The zero-order valence-corrected chi connectivity index (χ0v) is 19.6. The van der Waals surface area contributed by atoms with Gasteiger partial charge in [0.05, 0.1) is 13.7 Å². The van der Waals surface area contributed by atoms with Crippen LogP contribution >= 0.6 is 24.0 Å². The predicted molar refractivity (Wildman–Crippen MR) is 127 cm³/mol. The minimum absolute atomic E-state index is 0. The number of hydrogen-bond acceptors (Lipinski definition) is 4. The van der Waals surface area contributed by atoms with Gasteiger partial charge in [0.15, 0.2) is 5.96 Å². The first-order valence-corrected chi connectivity index (χ1v) is 9.07. The Kier molecular flexibility index (Phi) is 10.9. The molecule has 2 rings (SSSR count). The van der Waals surface area contributed by atoms with Gasteiger partial charge in [0, 0.05) is 39.3 Å². The second kappa shape index (κ2) is 12.9. The molecule has 0 saturated carbocycles. The highest BCUT2D eigenvalue weighted by molar-refractivity contribution is 14.0. The molecule has 0 bridgehead atoms. The van der Waals surface area contributed by atoms with Crippen molar-refractivity contribution in [3.63, 3.8) is 0 Å². The highest BCUT2D eigenvalue weighted by atomic mass is 127. The summed E-state index contributed by atoms with van der Waals surface area (Å²) >= 11 is 0. The van der Waals surface area contributed by atoms with E-state index in [2.05, 4.69) is 15.6 Å². The number of aliphatic imine (C=N–C) groups is 1. The molecule has 1 amide bonds. The van der Waals surface area contributed by atoms with Gasteiger partial charge in [-0.1, -0.05) is 18.2 Å². The van der Waals surface area contributed by atoms with Crippen LogP contribution in [0.5, 0.6) is 11.5 Å². The van der Waals surface area contributed by atoms with Crippen LogP contribution in [-0.4, -0.2) is 51.1 Å². The highest BCUT2D eigenvalue weighted by Crippen LogP contribution is 2.17. The number of halogens is 1. The van der Waals surface area contributed by atoms with Crippen molar-refractivity contribution >= 4 is 41.5 Å². The van der Waals surface area contributed by atoms with Gasteiger partial charge in [0.25, 0.3) is 0 Å². The molecule has 29 heavy (non-hydrogen) atoms. The molecule has 0 saturated heterocycles. The molecular formula is C21H29IN4O3. The molecule has 0 heterocycles. The van der Waals surface area contributed by atoms with Crippen molar-refractivity contribution in [3.8, 4) is 11.5 Å². The van der Waals surface area contributed by atoms with Crippen LogP contribution < -0.4 is 20.1 Å². The first-order valence-electron chi connectivity index (χ1n) is 9.07. The second-order valence-electron chi connectivity index (χ2n) is 6.24. The summed E-state index contributed by atoms with van der Waals surface area (Å²) in [4.78, 5) is 17.5. The van der Waals surface area contributed by atoms with Gasteiger partial charge in [-0.25, -0.2) is 0 Å². The lowest BCUT2D eigenvalue weighted by atomic mass is 10.2. The van der Waals surface area contributed by atoms with Crippen molar-refractivity contribution in [2.45, 2.75) is 13.5 Å². The molecule has 2 aromatic carbocycles. The van der Waals surface area contributed by atoms with E-state index < -0.39 is 0 Å². The number of hydrogen-bond donors (Lipinski definition) is 2. The number of carbonyl (C=O) groups is 1. The number of rotatable bonds is 8. The van der Waals surface area contributed by atoms with Gasteiger partial charge in [0.2, 0.25) is 5.91 Å². The highest BCUT2D eigenvalue weighted by Gasteiger charge is 2.07. The largest absolute Gasteiger partial charge is 0.497 e. The fraction of sp³-hybridized carbons (Fsp3) is 0.333. The van der Waals surface area contributed by atoms with Crippen LogP contribution in [-0.2, 0) is 11.3 Å². The standard InChI is InChI=1S/C21H28N4O3.HI/c1-16(26)24-18-6-5-7-20(14-18)28-13-12-23-21(22-2)25(3)15-17-8-10-19(27-4)11-9-17;/h5-11,14H,12-13,15H2,1-4H3,(H,22,23)(H,24,26);1H. The van der Waals surface area contributed by atoms with Gasteiger partial charge in [-0.15, -0.1) is 24.0 Å². The predicted octanol–water partition coefficient (Wildman–Crippen LogP) is 3.36. The molecule has 0 atom stereocenters. The number of anilines is 1. The van der Waals surface area contributed by atoms with Crippen LogP contribution in [0.2, 0.25) is 0 Å². The fourth-order valence-corrected chi connectivity index (χ4v) is 2.66. The maximum Gasteiger partial charge on any atom is 0.221 e. The van der Waals surface area contributed by atoms with Crippen molar-refractivity contribution < 1.29 is 14.3 Å². The van der Waals surface area contributed by atoms with Crippen LogP contribution in [0.4, 0.5) is 5.69 Å². The third kappa shape index (κ3) is 8.59. The first-order chi connectivity index (χ1) is 13.5. The topological polar surface area (TPSA) is 75.2 Å². The van der Waals surface area contributed by atoms with E-state index in [1.54, 1.807) is 20.2 Å². The lowest BCUT2D eigenvalue weighted by molar-refractivity contribution is -0.114. The number of amides is 1. The molecule has 0 spiro atoms. The van der Waals surface area contributed by atoms with Gasteiger partial charge >= 0.3 is 0 Å². The van der Waals surface area contributed by atoms with E-state index in [9.17, 15) is 4.79 Å². The van der Waals surface area contributed by atoms with E-state index >= 15 is 0 Å². The summed E-state index contributed by atoms with van der Waals surface area (Å²) in [6.07, 6.45) is 0. The van der Waals surface area contributed by atoms with Crippen molar-refractivity contribution in [2.75, 3.05) is 39.7 Å². The minimum Gasteiger partial charge on any atom is -0.497 e. The summed E-state index contributed by atoms with van der Waals surface area (Å²) in [7, 11) is 5.40. The zero-order valence-electron chi connectivity index (χ0n) is 17.3. The minimum atomic E-state index is -0.109. The monoisotopic (exact) mass is 512 g/mol. The molecule has 2 aromatic rings. The lowest BCUT2D eigenvalue weighted by Crippen LogP contribution is -2.40. The molecule has 0 aliphatic carbocycles. The molecule has 8 heteroatoms. The number of nitrogens with zero attached hydrogens (tertiary/aromatic N) is 2. The molecule has 0 fully saturated rings. The Balaban J connectivity index is 0.00000420. The molecule has 0 unspecified atom stereocenters. The van der Waals surface area contributed by atoms with Crippen LogP contribution in [0.3, 0.4) is 0 Å². The van der Waals surface area contributed by atoms with Crippen molar-refractivity contribution in [1.29, 1.82) is 0 Å². The Hall–Kier alpha value is -2.49. The van der Waals surface area contributed by atoms with Crippen LogP contribution in [0.25, 0.3) is 0 Å². The molecule has 0 aliphatic rings. The Bertz CT molecular complexity index is 797. The van der Waals surface area contributed by atoms with E-state index in [0.717, 1.165) is 23.8 Å². The van der Waals surface area contributed by atoms with Crippen molar-refractivity contribution in [3.05, 3.63) is 54.1 Å². The number of methoxy groups -OCH3 is 1. The summed E-state index contributed by atoms with van der Waals surface area (Å²) in [6.45, 7) is 3.28. The Morgan fingerprint density at radius 3 is 2.48 bits per heavy atom.